The molecule has 1 radical (unpaired) electrons. The van der Waals surface area contributed by atoms with Crippen molar-refractivity contribution in [2.45, 2.75) is 109 Å². The lowest BCUT2D eigenvalue weighted by Gasteiger charge is -2.04. The number of hydrogen-bond acceptors (Lipinski definition) is 1. The number of rotatable bonds is 15. The SMILES string of the molecule is [CH2]C(N)CCCCCCCCCCCCCCCC. The Morgan fingerprint density at radius 3 is 1.26 bits per heavy atom. The van der Waals surface area contributed by atoms with E-state index in [1.807, 2.05) is 0 Å². The standard InChI is InChI=1S/C18H38N/c1-3-4-5-6-7-8-9-10-11-12-13-14-15-16-17-18(2)19/h18H,2-17,19H2,1H3. The molecule has 0 aromatic carbocycles. The highest BCUT2D eigenvalue weighted by molar-refractivity contribution is 4.62. The molecule has 0 aliphatic heterocycles. The quantitative estimate of drug-likeness (QED) is 0.361. The average molecular weight is 269 g/mol. The molecule has 1 heteroatoms. The summed E-state index contributed by atoms with van der Waals surface area (Å²) >= 11 is 0. The Balaban J connectivity index is 2.91. The lowest BCUT2D eigenvalue weighted by molar-refractivity contribution is 0.528. The summed E-state index contributed by atoms with van der Waals surface area (Å²) in [7, 11) is 0. The summed E-state index contributed by atoms with van der Waals surface area (Å²) in [5.74, 6) is 0. The molecular formula is C18H38N. The third-order valence-electron chi connectivity index (χ3n) is 3.93. The molecule has 0 saturated carbocycles. The first-order chi connectivity index (χ1) is 9.27. The van der Waals surface area contributed by atoms with E-state index in [1.165, 1.54) is 89.9 Å². The van der Waals surface area contributed by atoms with Gasteiger partial charge in [0.15, 0.2) is 0 Å². The van der Waals surface area contributed by atoms with E-state index >= 15 is 0 Å². The van der Waals surface area contributed by atoms with Crippen LogP contribution in [0.5, 0.6) is 0 Å². The topological polar surface area (TPSA) is 26.0 Å². The summed E-state index contributed by atoms with van der Waals surface area (Å²) in [6, 6.07) is 0.150. The minimum absolute atomic E-state index is 0.150. The first-order valence-electron chi connectivity index (χ1n) is 8.86. The Labute approximate surface area is 122 Å². The third kappa shape index (κ3) is 18.0. The molecule has 0 heterocycles. The Morgan fingerprint density at radius 2 is 0.947 bits per heavy atom. The monoisotopic (exact) mass is 268 g/mol. The molecule has 0 aromatic heterocycles. The molecule has 1 atom stereocenters. The Hall–Kier alpha value is -0.0400. The summed E-state index contributed by atoms with van der Waals surface area (Å²) in [5.41, 5.74) is 5.63. The lowest BCUT2D eigenvalue weighted by Crippen LogP contribution is -2.14. The van der Waals surface area contributed by atoms with Crippen molar-refractivity contribution < 1.29 is 0 Å². The van der Waals surface area contributed by atoms with Crippen molar-refractivity contribution in [3.8, 4) is 0 Å². The molecule has 1 unspecified atom stereocenters. The lowest BCUT2D eigenvalue weighted by atomic mass is 10.0. The third-order valence-corrected chi connectivity index (χ3v) is 3.93. The fourth-order valence-electron chi connectivity index (χ4n) is 2.60. The van der Waals surface area contributed by atoms with Gasteiger partial charge in [-0.15, -0.1) is 0 Å². The molecule has 0 rings (SSSR count). The molecule has 115 valence electrons. The van der Waals surface area contributed by atoms with E-state index in [2.05, 4.69) is 13.8 Å². The van der Waals surface area contributed by atoms with Gasteiger partial charge in [-0.05, 0) is 13.3 Å². The summed E-state index contributed by atoms with van der Waals surface area (Å²) in [6.45, 7) is 6.10. The van der Waals surface area contributed by atoms with Gasteiger partial charge in [-0.1, -0.05) is 96.8 Å². The van der Waals surface area contributed by atoms with Crippen LogP contribution in [0.15, 0.2) is 0 Å². The predicted octanol–water partition coefficient (Wildman–Crippen LogP) is 6.02. The zero-order chi connectivity index (χ0) is 14.2. The van der Waals surface area contributed by atoms with Crippen molar-refractivity contribution in [2.75, 3.05) is 0 Å². The van der Waals surface area contributed by atoms with Crippen molar-refractivity contribution in [3.63, 3.8) is 0 Å². The molecule has 1 nitrogen and oxygen atoms in total. The van der Waals surface area contributed by atoms with Gasteiger partial charge < -0.3 is 5.73 Å². The molecule has 0 aliphatic carbocycles. The average Bonchev–Trinajstić information content (AvgIpc) is 2.39. The Morgan fingerprint density at radius 1 is 0.632 bits per heavy atom. The second kappa shape index (κ2) is 16.0. The molecule has 0 amide bonds. The van der Waals surface area contributed by atoms with Gasteiger partial charge in [-0.2, -0.15) is 0 Å². The van der Waals surface area contributed by atoms with Crippen molar-refractivity contribution in [2.24, 2.45) is 5.73 Å². The molecule has 0 spiro atoms. The molecule has 0 aromatic rings. The van der Waals surface area contributed by atoms with Crippen LogP contribution in [0.4, 0.5) is 0 Å². The minimum Gasteiger partial charge on any atom is -0.328 e. The van der Waals surface area contributed by atoms with E-state index in [1.54, 1.807) is 0 Å². The van der Waals surface area contributed by atoms with Gasteiger partial charge in [-0.25, -0.2) is 0 Å². The van der Waals surface area contributed by atoms with Gasteiger partial charge in [0.2, 0.25) is 0 Å². The second-order valence-corrected chi connectivity index (χ2v) is 6.14. The zero-order valence-corrected chi connectivity index (χ0v) is 13.5. The maximum Gasteiger partial charge on any atom is 0.00394 e. The largest absolute Gasteiger partial charge is 0.328 e. The smallest absolute Gasteiger partial charge is 0.00394 e. The van der Waals surface area contributed by atoms with E-state index in [-0.39, 0.29) is 6.04 Å². The molecule has 2 N–H and O–H groups in total. The van der Waals surface area contributed by atoms with E-state index < -0.39 is 0 Å². The van der Waals surface area contributed by atoms with Crippen LogP contribution in [-0.4, -0.2) is 6.04 Å². The summed E-state index contributed by atoms with van der Waals surface area (Å²) in [4.78, 5) is 0. The molecule has 19 heavy (non-hydrogen) atoms. The predicted molar refractivity (Wildman–Crippen MR) is 88.3 cm³/mol. The van der Waals surface area contributed by atoms with E-state index in [9.17, 15) is 0 Å². The maximum absolute atomic E-state index is 5.63. The van der Waals surface area contributed by atoms with Crippen LogP contribution in [0, 0.1) is 6.92 Å². The van der Waals surface area contributed by atoms with Crippen LogP contribution < -0.4 is 5.73 Å². The highest BCUT2D eigenvalue weighted by Gasteiger charge is 1.95. The highest BCUT2D eigenvalue weighted by Crippen LogP contribution is 2.13. The Bertz CT molecular complexity index is 154. The van der Waals surface area contributed by atoms with Crippen LogP contribution in [0.1, 0.15) is 103 Å². The van der Waals surface area contributed by atoms with Gasteiger partial charge in [0.25, 0.3) is 0 Å². The van der Waals surface area contributed by atoms with Crippen LogP contribution in [0.2, 0.25) is 0 Å². The molecule has 0 aliphatic rings. The van der Waals surface area contributed by atoms with Gasteiger partial charge in [-0.3, -0.25) is 0 Å². The van der Waals surface area contributed by atoms with Gasteiger partial charge in [0, 0.05) is 6.04 Å². The summed E-state index contributed by atoms with van der Waals surface area (Å²) in [6.07, 6.45) is 21.0. The van der Waals surface area contributed by atoms with Crippen LogP contribution >= 0.6 is 0 Å². The van der Waals surface area contributed by atoms with Gasteiger partial charge in [0.05, 0.1) is 0 Å². The van der Waals surface area contributed by atoms with E-state index in [4.69, 9.17) is 5.73 Å². The maximum atomic E-state index is 5.63. The summed E-state index contributed by atoms with van der Waals surface area (Å²) < 4.78 is 0. The minimum atomic E-state index is 0.150. The second-order valence-electron chi connectivity index (χ2n) is 6.14. The van der Waals surface area contributed by atoms with Gasteiger partial charge >= 0.3 is 0 Å². The number of unbranched alkanes of at least 4 members (excludes halogenated alkanes) is 13. The van der Waals surface area contributed by atoms with Crippen molar-refractivity contribution in [3.05, 3.63) is 6.92 Å². The fraction of sp³-hybridized carbons (Fsp3) is 0.944. The van der Waals surface area contributed by atoms with Crippen LogP contribution in [0.3, 0.4) is 0 Å². The molecule has 0 saturated heterocycles. The summed E-state index contributed by atoms with van der Waals surface area (Å²) in [5, 5.41) is 0. The zero-order valence-electron chi connectivity index (χ0n) is 13.5. The van der Waals surface area contributed by atoms with Crippen molar-refractivity contribution >= 4 is 0 Å². The first kappa shape index (κ1) is 19.0. The Kier molecular flexibility index (Phi) is 16.0. The van der Waals surface area contributed by atoms with Crippen LogP contribution in [-0.2, 0) is 0 Å². The molecule has 0 bridgehead atoms. The van der Waals surface area contributed by atoms with E-state index in [0.29, 0.717) is 0 Å². The highest BCUT2D eigenvalue weighted by atomic mass is 14.6. The molecule has 0 fully saturated rings. The number of hydrogen-bond donors (Lipinski definition) is 1. The normalized spacial score (nSPS) is 12.8. The molecular weight excluding hydrogens is 230 g/mol. The number of nitrogens with two attached hydrogens (primary N) is 1. The van der Waals surface area contributed by atoms with Crippen molar-refractivity contribution in [1.29, 1.82) is 0 Å². The fourth-order valence-corrected chi connectivity index (χ4v) is 2.60. The van der Waals surface area contributed by atoms with Crippen molar-refractivity contribution in [1.82, 2.24) is 0 Å². The van der Waals surface area contributed by atoms with Gasteiger partial charge in [0.1, 0.15) is 0 Å². The van der Waals surface area contributed by atoms with E-state index in [0.717, 1.165) is 6.42 Å². The van der Waals surface area contributed by atoms with Crippen LogP contribution in [0.25, 0.3) is 0 Å². The first-order valence-corrected chi connectivity index (χ1v) is 8.86.